The quantitative estimate of drug-likeness (QED) is 0.653. The molecule has 1 aromatic rings. The first-order chi connectivity index (χ1) is 6.87. The van der Waals surface area contributed by atoms with Crippen molar-refractivity contribution in [1.82, 2.24) is 14.9 Å². The summed E-state index contributed by atoms with van der Waals surface area (Å²) in [6, 6.07) is 0. The smallest absolute Gasteiger partial charge is 0.311 e. The van der Waals surface area contributed by atoms with Crippen molar-refractivity contribution in [2.45, 2.75) is 13.0 Å². The molecule has 0 bridgehead atoms. The lowest BCUT2D eigenvalue weighted by molar-refractivity contribution is -0.136. The molecule has 0 amide bonds. The average Bonchev–Trinajstić information content (AvgIpc) is 2.46. The molecule has 8 nitrogen and oxygen atoms in total. The highest BCUT2D eigenvalue weighted by molar-refractivity contribution is 7.88. The van der Waals surface area contributed by atoms with E-state index in [-0.39, 0.29) is 24.7 Å². The largest absolute Gasteiger partial charge is 0.481 e. The second-order valence-corrected chi connectivity index (χ2v) is 4.60. The molecule has 0 radical (unpaired) electrons. The van der Waals surface area contributed by atoms with Crippen LogP contribution in [-0.4, -0.2) is 35.9 Å². The normalized spacial score (nSPS) is 11.5. The van der Waals surface area contributed by atoms with E-state index in [1.54, 1.807) is 0 Å². The van der Waals surface area contributed by atoms with Crippen LogP contribution in [0.4, 0.5) is 0 Å². The van der Waals surface area contributed by atoms with Gasteiger partial charge in [-0.3, -0.25) is 4.79 Å². The van der Waals surface area contributed by atoms with Crippen LogP contribution in [-0.2, 0) is 27.8 Å². The van der Waals surface area contributed by atoms with Crippen LogP contribution >= 0.6 is 0 Å². The number of carboxylic acids is 1. The summed E-state index contributed by atoms with van der Waals surface area (Å²) in [6.07, 6.45) is 0.629. The van der Waals surface area contributed by atoms with Gasteiger partial charge in [-0.1, -0.05) is 5.16 Å². The summed E-state index contributed by atoms with van der Waals surface area (Å²) < 4.78 is 28.1. The standard InChI is InChI=1S/C6H9N3O5S/c1-15(12,13)7-3-5-8-4(9-14-5)2-6(10)11/h7H,2-3H2,1H3,(H,10,11). The molecule has 0 unspecified atom stereocenters. The summed E-state index contributed by atoms with van der Waals surface area (Å²) in [5.74, 6) is -1.05. The maximum absolute atomic E-state index is 10.7. The molecule has 15 heavy (non-hydrogen) atoms. The molecule has 1 rings (SSSR count). The fraction of sp³-hybridized carbons (Fsp3) is 0.500. The summed E-state index contributed by atoms with van der Waals surface area (Å²) in [7, 11) is -3.33. The molecule has 84 valence electrons. The highest BCUT2D eigenvalue weighted by atomic mass is 32.2. The second kappa shape index (κ2) is 4.36. The van der Waals surface area contributed by atoms with Crippen LogP contribution < -0.4 is 4.72 Å². The third-order valence-corrected chi connectivity index (χ3v) is 1.97. The zero-order chi connectivity index (χ0) is 11.5. The van der Waals surface area contributed by atoms with Crippen molar-refractivity contribution in [3.05, 3.63) is 11.7 Å². The Hall–Kier alpha value is -1.48. The zero-order valence-electron chi connectivity index (χ0n) is 7.80. The van der Waals surface area contributed by atoms with E-state index in [1.165, 1.54) is 0 Å². The van der Waals surface area contributed by atoms with Crippen molar-refractivity contribution in [2.75, 3.05) is 6.26 Å². The van der Waals surface area contributed by atoms with Gasteiger partial charge in [0.2, 0.25) is 15.9 Å². The molecule has 2 N–H and O–H groups in total. The minimum atomic E-state index is -3.33. The second-order valence-electron chi connectivity index (χ2n) is 2.77. The highest BCUT2D eigenvalue weighted by Gasteiger charge is 2.11. The maximum Gasteiger partial charge on any atom is 0.311 e. The summed E-state index contributed by atoms with van der Waals surface area (Å²) in [5, 5.41) is 11.8. The van der Waals surface area contributed by atoms with E-state index in [9.17, 15) is 13.2 Å². The van der Waals surface area contributed by atoms with Gasteiger partial charge in [0.25, 0.3) is 0 Å². The molecule has 0 saturated carbocycles. The van der Waals surface area contributed by atoms with E-state index in [2.05, 4.69) is 19.4 Å². The van der Waals surface area contributed by atoms with Gasteiger partial charge in [0, 0.05) is 0 Å². The van der Waals surface area contributed by atoms with E-state index in [0.29, 0.717) is 0 Å². The first-order valence-corrected chi connectivity index (χ1v) is 5.74. The maximum atomic E-state index is 10.7. The molecule has 9 heteroatoms. The molecule has 0 spiro atoms. The van der Waals surface area contributed by atoms with Crippen LogP contribution in [0.15, 0.2) is 4.52 Å². The average molecular weight is 235 g/mol. The number of hydrogen-bond donors (Lipinski definition) is 2. The number of rotatable bonds is 5. The van der Waals surface area contributed by atoms with Crippen LogP contribution in [0.2, 0.25) is 0 Å². The number of aliphatic carboxylic acids is 1. The summed E-state index contributed by atoms with van der Waals surface area (Å²) >= 11 is 0. The molecule has 1 heterocycles. The third kappa shape index (κ3) is 4.51. The monoisotopic (exact) mass is 235 g/mol. The minimum Gasteiger partial charge on any atom is -0.481 e. The van der Waals surface area contributed by atoms with Crippen LogP contribution in [0.1, 0.15) is 11.7 Å². The molecular weight excluding hydrogens is 226 g/mol. The van der Waals surface area contributed by atoms with Gasteiger partial charge in [-0.25, -0.2) is 13.1 Å². The number of nitrogens with one attached hydrogen (secondary N) is 1. The number of carbonyl (C=O) groups is 1. The van der Waals surface area contributed by atoms with E-state index >= 15 is 0 Å². The van der Waals surface area contributed by atoms with Gasteiger partial charge < -0.3 is 9.63 Å². The Bertz CT molecular complexity index is 451. The molecule has 0 fully saturated rings. The fourth-order valence-corrected chi connectivity index (χ4v) is 1.15. The molecule has 0 atom stereocenters. The zero-order valence-corrected chi connectivity index (χ0v) is 8.61. The molecule has 0 aromatic carbocycles. The van der Waals surface area contributed by atoms with Gasteiger partial charge in [-0.15, -0.1) is 0 Å². The molecular formula is C6H9N3O5S. The van der Waals surface area contributed by atoms with Crippen LogP contribution in [0, 0.1) is 0 Å². The Morgan fingerprint density at radius 1 is 1.60 bits per heavy atom. The predicted molar refractivity (Wildman–Crippen MR) is 47.3 cm³/mol. The predicted octanol–water partition coefficient (Wildman–Crippen LogP) is -1.25. The lowest BCUT2D eigenvalue weighted by Crippen LogP contribution is -2.21. The van der Waals surface area contributed by atoms with Gasteiger partial charge in [0.1, 0.15) is 6.42 Å². The van der Waals surface area contributed by atoms with Gasteiger partial charge in [0.05, 0.1) is 12.8 Å². The van der Waals surface area contributed by atoms with Crippen molar-refractivity contribution in [2.24, 2.45) is 0 Å². The lowest BCUT2D eigenvalue weighted by atomic mass is 10.4. The fourth-order valence-electron chi connectivity index (χ4n) is 0.762. The SMILES string of the molecule is CS(=O)(=O)NCc1nc(CC(=O)O)no1. The number of aromatic nitrogens is 2. The first-order valence-electron chi connectivity index (χ1n) is 3.85. The van der Waals surface area contributed by atoms with Crippen LogP contribution in [0.3, 0.4) is 0 Å². The molecule has 0 aliphatic rings. The summed E-state index contributed by atoms with van der Waals surface area (Å²) in [4.78, 5) is 13.9. The number of sulfonamides is 1. The van der Waals surface area contributed by atoms with Crippen molar-refractivity contribution >= 4 is 16.0 Å². The third-order valence-electron chi connectivity index (χ3n) is 1.31. The topological polar surface area (TPSA) is 122 Å². The Balaban J connectivity index is 2.57. The Morgan fingerprint density at radius 3 is 2.80 bits per heavy atom. The minimum absolute atomic E-state index is 0.00722. The summed E-state index contributed by atoms with van der Waals surface area (Å²) in [6.45, 7) is -0.147. The van der Waals surface area contributed by atoms with E-state index in [1.807, 2.05) is 0 Å². The van der Waals surface area contributed by atoms with Gasteiger partial charge in [0.15, 0.2) is 5.82 Å². The lowest BCUT2D eigenvalue weighted by Gasteiger charge is -1.95. The first kappa shape index (κ1) is 11.6. The van der Waals surface area contributed by atoms with E-state index in [4.69, 9.17) is 5.11 Å². The molecule has 1 aromatic heterocycles. The van der Waals surface area contributed by atoms with Crippen LogP contribution in [0.25, 0.3) is 0 Å². The van der Waals surface area contributed by atoms with Gasteiger partial charge in [-0.05, 0) is 0 Å². The van der Waals surface area contributed by atoms with Crippen molar-refractivity contribution in [3.63, 3.8) is 0 Å². The molecule has 0 aliphatic carbocycles. The van der Waals surface area contributed by atoms with Crippen LogP contribution in [0.5, 0.6) is 0 Å². The van der Waals surface area contributed by atoms with E-state index < -0.39 is 16.0 Å². The van der Waals surface area contributed by atoms with Gasteiger partial charge in [-0.2, -0.15) is 4.98 Å². The number of hydrogen-bond acceptors (Lipinski definition) is 6. The van der Waals surface area contributed by atoms with Crippen molar-refractivity contribution < 1.29 is 22.8 Å². The highest BCUT2D eigenvalue weighted by Crippen LogP contribution is 1.98. The van der Waals surface area contributed by atoms with Crippen molar-refractivity contribution in [3.8, 4) is 0 Å². The summed E-state index contributed by atoms with van der Waals surface area (Å²) in [5.41, 5.74) is 0. The number of nitrogens with zero attached hydrogens (tertiary/aromatic N) is 2. The Kier molecular flexibility index (Phi) is 3.37. The molecule has 0 saturated heterocycles. The van der Waals surface area contributed by atoms with Gasteiger partial charge >= 0.3 is 5.97 Å². The Labute approximate surface area is 85.3 Å². The number of carboxylic acid groups (broad SMARTS) is 1. The molecule has 0 aliphatic heterocycles. The van der Waals surface area contributed by atoms with E-state index in [0.717, 1.165) is 6.26 Å². The van der Waals surface area contributed by atoms with Crippen molar-refractivity contribution in [1.29, 1.82) is 0 Å². The Morgan fingerprint density at radius 2 is 2.27 bits per heavy atom.